The summed E-state index contributed by atoms with van der Waals surface area (Å²) in [6.45, 7) is 0. The summed E-state index contributed by atoms with van der Waals surface area (Å²) in [5.74, 6) is -0.825. The SMILES string of the molecule is O=C(O)Cc1cnc(-c2ccc3ccccc3c2)s1. The Morgan fingerprint density at radius 1 is 1.16 bits per heavy atom. The van der Waals surface area contributed by atoms with Gasteiger partial charge in [0, 0.05) is 16.6 Å². The van der Waals surface area contributed by atoms with E-state index in [1.807, 2.05) is 18.2 Å². The maximum absolute atomic E-state index is 10.7. The Bertz CT molecular complexity index is 748. The van der Waals surface area contributed by atoms with Crippen molar-refractivity contribution in [3.63, 3.8) is 0 Å². The van der Waals surface area contributed by atoms with Gasteiger partial charge in [0.15, 0.2) is 0 Å². The van der Waals surface area contributed by atoms with Crippen molar-refractivity contribution in [1.29, 1.82) is 0 Å². The standard InChI is InChI=1S/C15H11NO2S/c17-14(18)8-13-9-16-15(19-13)12-6-5-10-3-1-2-4-11(10)7-12/h1-7,9H,8H2,(H,17,18). The molecule has 0 amide bonds. The molecule has 1 N–H and O–H groups in total. The third-order valence-corrected chi connectivity index (χ3v) is 3.92. The summed E-state index contributed by atoms with van der Waals surface area (Å²) in [7, 11) is 0. The van der Waals surface area contributed by atoms with E-state index < -0.39 is 5.97 Å². The van der Waals surface area contributed by atoms with Crippen LogP contribution in [0.3, 0.4) is 0 Å². The molecule has 4 heteroatoms. The van der Waals surface area contributed by atoms with Crippen LogP contribution in [0.4, 0.5) is 0 Å². The molecule has 2 aromatic carbocycles. The first-order valence-electron chi connectivity index (χ1n) is 5.88. The number of fused-ring (bicyclic) bond motifs is 1. The quantitative estimate of drug-likeness (QED) is 0.790. The first-order valence-corrected chi connectivity index (χ1v) is 6.70. The molecule has 1 aromatic heterocycles. The van der Waals surface area contributed by atoms with E-state index >= 15 is 0 Å². The summed E-state index contributed by atoms with van der Waals surface area (Å²) >= 11 is 1.43. The number of rotatable bonds is 3. The molecule has 0 aliphatic carbocycles. The average molecular weight is 269 g/mol. The topological polar surface area (TPSA) is 50.2 Å². The third-order valence-electron chi connectivity index (χ3n) is 2.88. The lowest BCUT2D eigenvalue weighted by Crippen LogP contribution is -1.97. The lowest BCUT2D eigenvalue weighted by Gasteiger charge is -2.00. The van der Waals surface area contributed by atoms with Gasteiger partial charge >= 0.3 is 5.97 Å². The number of benzene rings is 2. The number of aliphatic carboxylic acids is 1. The minimum Gasteiger partial charge on any atom is -0.481 e. The highest BCUT2D eigenvalue weighted by atomic mass is 32.1. The van der Waals surface area contributed by atoms with Gasteiger partial charge in [-0.25, -0.2) is 4.98 Å². The lowest BCUT2D eigenvalue weighted by molar-refractivity contribution is -0.136. The number of carbonyl (C=O) groups is 1. The Morgan fingerprint density at radius 2 is 1.95 bits per heavy atom. The van der Waals surface area contributed by atoms with Gasteiger partial charge < -0.3 is 5.11 Å². The average Bonchev–Trinajstić information content (AvgIpc) is 2.86. The molecule has 3 aromatic rings. The number of carboxylic acids is 1. The maximum atomic E-state index is 10.7. The van der Waals surface area contributed by atoms with Crippen molar-refractivity contribution in [2.45, 2.75) is 6.42 Å². The fourth-order valence-corrected chi connectivity index (χ4v) is 2.89. The summed E-state index contributed by atoms with van der Waals surface area (Å²) in [5, 5.41) is 12.0. The minimum absolute atomic E-state index is 0.0330. The van der Waals surface area contributed by atoms with E-state index in [4.69, 9.17) is 5.11 Å². The molecule has 1 heterocycles. The second-order valence-corrected chi connectivity index (χ2v) is 5.38. The van der Waals surface area contributed by atoms with Crippen molar-refractivity contribution in [3.05, 3.63) is 53.5 Å². The Morgan fingerprint density at radius 3 is 2.74 bits per heavy atom. The van der Waals surface area contributed by atoms with Gasteiger partial charge in [-0.05, 0) is 16.8 Å². The van der Waals surface area contributed by atoms with Gasteiger partial charge in [-0.2, -0.15) is 0 Å². The van der Waals surface area contributed by atoms with Crippen LogP contribution in [0.1, 0.15) is 4.88 Å². The number of nitrogens with zero attached hydrogens (tertiary/aromatic N) is 1. The van der Waals surface area contributed by atoms with Crippen molar-refractivity contribution in [2.75, 3.05) is 0 Å². The second-order valence-electron chi connectivity index (χ2n) is 4.26. The predicted molar refractivity (Wildman–Crippen MR) is 76.4 cm³/mol. The van der Waals surface area contributed by atoms with Gasteiger partial charge in [-0.1, -0.05) is 36.4 Å². The Labute approximate surface area is 114 Å². The van der Waals surface area contributed by atoms with Crippen molar-refractivity contribution < 1.29 is 9.90 Å². The van der Waals surface area contributed by atoms with Crippen LogP contribution in [0.25, 0.3) is 21.3 Å². The van der Waals surface area contributed by atoms with Gasteiger partial charge in [-0.15, -0.1) is 11.3 Å². The summed E-state index contributed by atoms with van der Waals surface area (Å²) < 4.78 is 0. The van der Waals surface area contributed by atoms with Crippen LogP contribution in [0.2, 0.25) is 0 Å². The number of hydrogen-bond donors (Lipinski definition) is 1. The number of thiazole rings is 1. The van der Waals surface area contributed by atoms with Gasteiger partial charge in [0.1, 0.15) is 5.01 Å². The predicted octanol–water partition coefficient (Wildman–Crippen LogP) is 3.59. The highest BCUT2D eigenvalue weighted by molar-refractivity contribution is 7.15. The zero-order chi connectivity index (χ0) is 13.2. The van der Waals surface area contributed by atoms with E-state index in [1.54, 1.807) is 6.20 Å². The summed E-state index contributed by atoms with van der Waals surface area (Å²) in [6.07, 6.45) is 1.68. The molecule has 0 aliphatic heterocycles. The fraction of sp³-hybridized carbons (Fsp3) is 0.0667. The van der Waals surface area contributed by atoms with Crippen LogP contribution < -0.4 is 0 Å². The van der Waals surface area contributed by atoms with Crippen molar-refractivity contribution in [3.8, 4) is 10.6 Å². The zero-order valence-electron chi connectivity index (χ0n) is 10.0. The number of hydrogen-bond acceptors (Lipinski definition) is 3. The van der Waals surface area contributed by atoms with Gasteiger partial charge in [0.25, 0.3) is 0 Å². The molecule has 0 unspecified atom stereocenters. The Hall–Kier alpha value is -2.20. The number of aromatic nitrogens is 1. The molecule has 0 atom stereocenters. The molecule has 19 heavy (non-hydrogen) atoms. The molecule has 0 radical (unpaired) electrons. The minimum atomic E-state index is -0.825. The highest BCUT2D eigenvalue weighted by Crippen LogP contribution is 2.28. The monoisotopic (exact) mass is 269 g/mol. The first-order chi connectivity index (χ1) is 9.22. The molecule has 0 aliphatic rings. The molecule has 3 nitrogen and oxygen atoms in total. The van der Waals surface area contributed by atoms with Gasteiger partial charge in [0.05, 0.1) is 6.42 Å². The van der Waals surface area contributed by atoms with E-state index in [0.29, 0.717) is 0 Å². The molecule has 94 valence electrons. The second kappa shape index (κ2) is 4.82. The van der Waals surface area contributed by atoms with Crippen LogP contribution in [0.5, 0.6) is 0 Å². The lowest BCUT2D eigenvalue weighted by atomic mass is 10.1. The van der Waals surface area contributed by atoms with E-state index in [0.717, 1.165) is 20.8 Å². The van der Waals surface area contributed by atoms with Crippen LogP contribution in [0, 0.1) is 0 Å². The Kier molecular flexibility index (Phi) is 3.01. The van der Waals surface area contributed by atoms with Crippen molar-refractivity contribution in [1.82, 2.24) is 4.98 Å². The molecule has 0 spiro atoms. The molecule has 0 saturated heterocycles. The van der Waals surface area contributed by atoms with Gasteiger partial charge in [0.2, 0.25) is 0 Å². The molecular formula is C15H11NO2S. The van der Waals surface area contributed by atoms with E-state index in [9.17, 15) is 4.79 Å². The van der Waals surface area contributed by atoms with Crippen molar-refractivity contribution >= 4 is 28.1 Å². The summed E-state index contributed by atoms with van der Waals surface area (Å²) in [6, 6.07) is 14.3. The summed E-state index contributed by atoms with van der Waals surface area (Å²) in [4.78, 5) is 15.7. The molecule has 0 saturated carbocycles. The Balaban J connectivity index is 1.99. The third kappa shape index (κ3) is 2.48. The van der Waals surface area contributed by atoms with Gasteiger partial charge in [-0.3, -0.25) is 4.79 Å². The molecular weight excluding hydrogens is 258 g/mol. The molecule has 3 rings (SSSR count). The van der Waals surface area contributed by atoms with E-state index in [-0.39, 0.29) is 6.42 Å². The van der Waals surface area contributed by atoms with Crippen LogP contribution in [0.15, 0.2) is 48.7 Å². The van der Waals surface area contributed by atoms with E-state index in [2.05, 4.69) is 29.2 Å². The molecule has 0 fully saturated rings. The summed E-state index contributed by atoms with van der Waals surface area (Å²) in [5.41, 5.74) is 1.03. The van der Waals surface area contributed by atoms with Crippen LogP contribution >= 0.6 is 11.3 Å². The highest BCUT2D eigenvalue weighted by Gasteiger charge is 2.08. The smallest absolute Gasteiger partial charge is 0.308 e. The van der Waals surface area contributed by atoms with Crippen LogP contribution in [-0.4, -0.2) is 16.1 Å². The fourth-order valence-electron chi connectivity index (χ4n) is 1.99. The normalized spacial score (nSPS) is 10.7. The van der Waals surface area contributed by atoms with Crippen molar-refractivity contribution in [2.24, 2.45) is 0 Å². The largest absolute Gasteiger partial charge is 0.481 e. The first kappa shape index (κ1) is 11.9. The zero-order valence-corrected chi connectivity index (χ0v) is 10.9. The van der Waals surface area contributed by atoms with E-state index in [1.165, 1.54) is 16.7 Å². The van der Waals surface area contributed by atoms with Crippen LogP contribution in [-0.2, 0) is 11.2 Å². The molecule has 0 bridgehead atoms. The number of carboxylic acid groups (broad SMARTS) is 1. The maximum Gasteiger partial charge on any atom is 0.308 e.